The molecule has 0 spiro atoms. The molecule has 280 valence electrons. The highest BCUT2D eigenvalue weighted by molar-refractivity contribution is 6.21. The van der Waals surface area contributed by atoms with Crippen molar-refractivity contribution in [3.8, 4) is 23.7 Å². The summed E-state index contributed by atoms with van der Waals surface area (Å²) in [4.78, 5) is 26.3. The Bertz CT molecular complexity index is 1510. The quantitative estimate of drug-likeness (QED) is 0.0582. The van der Waals surface area contributed by atoms with E-state index in [9.17, 15) is 41.0 Å². The molecule has 0 aliphatic heterocycles. The van der Waals surface area contributed by atoms with Crippen LogP contribution in [0, 0.1) is 23.7 Å². The summed E-state index contributed by atoms with van der Waals surface area (Å²) in [7, 11) is 1.40. The zero-order valence-electron chi connectivity index (χ0n) is 28.6. The number of rotatable bonds is 17. The number of carbonyl (C=O) groups is 2. The Balaban J connectivity index is 2.40. The molecule has 0 saturated carbocycles. The first-order valence-corrected chi connectivity index (χ1v) is 16.6. The van der Waals surface area contributed by atoms with Gasteiger partial charge in [-0.2, -0.15) is 26.3 Å². The molecule has 0 aliphatic carbocycles. The van der Waals surface area contributed by atoms with Gasteiger partial charge in [0.25, 0.3) is 11.2 Å². The third kappa shape index (κ3) is 10.6. The van der Waals surface area contributed by atoms with Crippen molar-refractivity contribution in [3.63, 3.8) is 0 Å². The van der Waals surface area contributed by atoms with Crippen molar-refractivity contribution < 1.29 is 60.0 Å². The minimum absolute atomic E-state index is 0.0759. The molecule has 14 heteroatoms. The van der Waals surface area contributed by atoms with Crippen LogP contribution in [-0.4, -0.2) is 67.3 Å². The number of methoxy groups -OCH3 is 2. The molecule has 1 unspecified atom stereocenters. The summed E-state index contributed by atoms with van der Waals surface area (Å²) in [5, 5.41) is 9.75. The van der Waals surface area contributed by atoms with E-state index in [1.54, 1.807) is 0 Å². The molecular formula is C37H41ClF6O7. The van der Waals surface area contributed by atoms with Crippen LogP contribution in [0.4, 0.5) is 26.3 Å². The molecule has 2 aromatic rings. The van der Waals surface area contributed by atoms with Crippen LogP contribution in [0.2, 0.25) is 0 Å². The third-order valence-corrected chi connectivity index (χ3v) is 8.44. The van der Waals surface area contributed by atoms with Crippen LogP contribution in [0.5, 0.6) is 0 Å². The van der Waals surface area contributed by atoms with Crippen LogP contribution in [0.25, 0.3) is 0 Å². The maximum absolute atomic E-state index is 14.5. The van der Waals surface area contributed by atoms with Gasteiger partial charge < -0.3 is 24.1 Å². The van der Waals surface area contributed by atoms with Crippen molar-refractivity contribution in [1.29, 1.82) is 0 Å². The molecule has 0 fully saturated rings. The Morgan fingerprint density at radius 1 is 0.725 bits per heavy atom. The molecule has 6 atom stereocenters. The van der Waals surface area contributed by atoms with Gasteiger partial charge in [-0.3, -0.25) is 0 Å². The number of hydrogen-bond donors (Lipinski definition) is 1. The Kier molecular flexibility index (Phi) is 16.8. The zero-order chi connectivity index (χ0) is 38.3. The van der Waals surface area contributed by atoms with Crippen molar-refractivity contribution in [2.24, 2.45) is 0 Å². The Morgan fingerprint density at radius 3 is 1.61 bits per heavy atom. The van der Waals surface area contributed by atoms with E-state index in [4.69, 9.17) is 30.5 Å². The van der Waals surface area contributed by atoms with Crippen LogP contribution in [0.3, 0.4) is 0 Å². The van der Waals surface area contributed by atoms with E-state index in [0.717, 1.165) is 49.9 Å². The van der Waals surface area contributed by atoms with Gasteiger partial charge in [0.05, 0.1) is 5.38 Å². The summed E-state index contributed by atoms with van der Waals surface area (Å²) in [6, 6.07) is 12.2. The lowest BCUT2D eigenvalue weighted by molar-refractivity contribution is -0.279. The summed E-state index contributed by atoms with van der Waals surface area (Å²) >= 11 is 6.51. The van der Waals surface area contributed by atoms with Gasteiger partial charge in [0, 0.05) is 25.3 Å². The van der Waals surface area contributed by atoms with Gasteiger partial charge in [0.15, 0.2) is 18.3 Å². The van der Waals surface area contributed by atoms with Crippen molar-refractivity contribution in [2.45, 2.75) is 106 Å². The summed E-state index contributed by atoms with van der Waals surface area (Å²) in [6.07, 6.45) is -11.6. The minimum atomic E-state index is -5.30. The lowest BCUT2D eigenvalue weighted by Crippen LogP contribution is -2.54. The van der Waals surface area contributed by atoms with Crippen molar-refractivity contribution in [3.05, 3.63) is 71.8 Å². The highest BCUT2D eigenvalue weighted by Crippen LogP contribution is 2.44. The standard InChI is InChI=1S/C37H41ClF6O7/c1-5-7-8-9-16-24-29(38)31(51-33(47)35(49-4,37(42,43)44)27-21-14-11-15-22-27)30(45)25-18-17-23-28(6-2)50-32(46)34(48-3,36(39,40)41)26-19-12-10-13-20-26/h10-15,19-22,28-31,45H,5-9,16,24H2,1-4H3/t28-,29?,30+,31-,34+,35+/m0/s1. The fourth-order valence-corrected chi connectivity index (χ4v) is 5.50. The first-order valence-electron chi connectivity index (χ1n) is 16.2. The fourth-order valence-electron chi connectivity index (χ4n) is 5.16. The molecule has 51 heavy (non-hydrogen) atoms. The third-order valence-electron chi connectivity index (χ3n) is 7.98. The van der Waals surface area contributed by atoms with E-state index >= 15 is 0 Å². The van der Waals surface area contributed by atoms with Gasteiger partial charge in [0.1, 0.15) is 0 Å². The highest BCUT2D eigenvalue weighted by Gasteiger charge is 2.65. The molecule has 2 rings (SSSR count). The van der Waals surface area contributed by atoms with Gasteiger partial charge in [-0.1, -0.05) is 113 Å². The first-order chi connectivity index (χ1) is 24.1. The predicted molar refractivity (Wildman–Crippen MR) is 177 cm³/mol. The summed E-state index contributed by atoms with van der Waals surface area (Å²) in [5.74, 6) is 5.47. The number of hydrogen-bond acceptors (Lipinski definition) is 7. The van der Waals surface area contributed by atoms with Crippen LogP contribution >= 0.6 is 11.6 Å². The van der Waals surface area contributed by atoms with Gasteiger partial charge >= 0.3 is 24.3 Å². The molecule has 0 bridgehead atoms. The Labute approximate surface area is 298 Å². The Hall–Kier alpha value is -3.75. The maximum atomic E-state index is 14.5. The van der Waals surface area contributed by atoms with Gasteiger partial charge in [0.2, 0.25) is 0 Å². The number of unbranched alkanes of at least 4 members (excludes halogenated alkanes) is 4. The van der Waals surface area contributed by atoms with Crippen LogP contribution in [0.1, 0.15) is 69.9 Å². The van der Waals surface area contributed by atoms with Gasteiger partial charge in [-0.15, -0.1) is 11.6 Å². The largest absolute Gasteiger partial charge is 0.454 e. The van der Waals surface area contributed by atoms with E-state index in [2.05, 4.69) is 23.7 Å². The number of esters is 2. The highest BCUT2D eigenvalue weighted by atomic mass is 35.5. The maximum Gasteiger partial charge on any atom is 0.432 e. The number of carbonyl (C=O) groups excluding carboxylic acids is 2. The monoisotopic (exact) mass is 746 g/mol. The molecule has 0 amide bonds. The topological polar surface area (TPSA) is 91.3 Å². The molecule has 2 aromatic carbocycles. The molecule has 0 saturated heterocycles. The second kappa shape index (κ2) is 19.7. The van der Waals surface area contributed by atoms with E-state index < -0.39 is 70.3 Å². The van der Waals surface area contributed by atoms with E-state index in [1.807, 2.05) is 6.92 Å². The number of benzene rings is 2. The molecular weight excluding hydrogens is 706 g/mol. The van der Waals surface area contributed by atoms with Crippen LogP contribution in [0.15, 0.2) is 60.7 Å². The van der Waals surface area contributed by atoms with Crippen molar-refractivity contribution in [2.75, 3.05) is 14.2 Å². The number of alkyl halides is 7. The number of ether oxygens (including phenoxy) is 4. The van der Waals surface area contributed by atoms with Gasteiger partial charge in [-0.25, -0.2) is 9.59 Å². The molecule has 7 nitrogen and oxygen atoms in total. The fraction of sp³-hybridized carbons (Fsp3) is 0.514. The summed E-state index contributed by atoms with van der Waals surface area (Å²) < 4.78 is 106. The van der Waals surface area contributed by atoms with E-state index in [1.165, 1.54) is 43.3 Å². The lowest BCUT2D eigenvalue weighted by Gasteiger charge is -2.35. The Morgan fingerprint density at radius 2 is 1.18 bits per heavy atom. The first kappa shape index (κ1) is 43.4. The number of halogens is 7. The molecule has 0 aliphatic rings. The van der Waals surface area contributed by atoms with E-state index in [-0.39, 0.29) is 12.8 Å². The predicted octanol–water partition coefficient (Wildman–Crippen LogP) is 7.76. The van der Waals surface area contributed by atoms with Crippen LogP contribution < -0.4 is 0 Å². The summed E-state index contributed by atoms with van der Waals surface area (Å²) in [5.41, 5.74) is -8.12. The number of aliphatic hydroxyl groups excluding tert-OH is 1. The zero-order valence-corrected chi connectivity index (χ0v) is 29.3. The van der Waals surface area contributed by atoms with Crippen molar-refractivity contribution >= 4 is 23.5 Å². The molecule has 0 radical (unpaired) electrons. The summed E-state index contributed by atoms with van der Waals surface area (Å²) in [6.45, 7) is 3.49. The molecule has 1 N–H and O–H groups in total. The van der Waals surface area contributed by atoms with Crippen LogP contribution in [-0.2, 0) is 39.7 Å². The normalized spacial score (nSPS) is 16.4. The SMILES string of the molecule is CCCCCCCC(Cl)[C@H](OC(=O)[C@](OC)(c1ccccc1)C(F)(F)F)[C@H](O)C#CC#C[C@H](CC)OC(=O)[C@](OC)(c1ccccc1)C(F)(F)F. The van der Waals surface area contributed by atoms with Crippen molar-refractivity contribution in [1.82, 2.24) is 0 Å². The number of aliphatic hydroxyl groups is 1. The average Bonchev–Trinajstić information content (AvgIpc) is 3.09. The minimum Gasteiger partial charge on any atom is -0.454 e. The average molecular weight is 747 g/mol. The lowest BCUT2D eigenvalue weighted by atomic mass is 9.92. The molecule has 0 heterocycles. The second-order valence-electron chi connectivity index (χ2n) is 11.4. The second-order valence-corrected chi connectivity index (χ2v) is 11.9. The molecule has 0 aromatic heterocycles. The van der Waals surface area contributed by atoms with Gasteiger partial charge in [-0.05, 0) is 30.6 Å². The van der Waals surface area contributed by atoms with E-state index in [0.29, 0.717) is 20.6 Å². The smallest absolute Gasteiger partial charge is 0.432 e.